The van der Waals surface area contributed by atoms with Crippen molar-refractivity contribution >= 4 is 29.1 Å². The van der Waals surface area contributed by atoms with Crippen molar-refractivity contribution in [2.45, 2.75) is 62.4 Å². The summed E-state index contributed by atoms with van der Waals surface area (Å²) in [5.74, 6) is 1.27. The van der Waals surface area contributed by atoms with Crippen LogP contribution >= 0.6 is 11.8 Å². The minimum Gasteiger partial charge on any atom is -0.461 e. The number of aromatic nitrogens is 3. The second kappa shape index (κ2) is 9.51. The molecule has 0 spiro atoms. The van der Waals surface area contributed by atoms with Crippen LogP contribution < -0.4 is 5.32 Å². The summed E-state index contributed by atoms with van der Waals surface area (Å²) in [7, 11) is 0. The van der Waals surface area contributed by atoms with Crippen molar-refractivity contribution in [1.29, 1.82) is 0 Å². The molecule has 31 heavy (non-hydrogen) atoms. The van der Waals surface area contributed by atoms with Crippen molar-refractivity contribution in [3.8, 4) is 11.6 Å². The van der Waals surface area contributed by atoms with Crippen LogP contribution in [-0.2, 0) is 4.79 Å². The SMILES string of the molecule is CC(=O)c1ccc(NC(=O)C(C)Sc2nnc(-c3ccco3)n2C2CCCCC2)cc1. The van der Waals surface area contributed by atoms with Gasteiger partial charge in [0.15, 0.2) is 16.7 Å². The maximum atomic E-state index is 12.8. The van der Waals surface area contributed by atoms with Crippen molar-refractivity contribution in [3.63, 3.8) is 0 Å². The molecule has 1 amide bonds. The smallest absolute Gasteiger partial charge is 0.237 e. The Labute approximate surface area is 185 Å². The number of hydrogen-bond donors (Lipinski definition) is 1. The molecule has 8 heteroatoms. The molecule has 0 aliphatic heterocycles. The highest BCUT2D eigenvalue weighted by Gasteiger charge is 2.27. The van der Waals surface area contributed by atoms with E-state index in [0.717, 1.165) is 18.0 Å². The molecule has 1 aromatic carbocycles. The van der Waals surface area contributed by atoms with Crippen molar-refractivity contribution in [3.05, 3.63) is 48.2 Å². The molecule has 162 valence electrons. The first-order chi connectivity index (χ1) is 15.0. The molecular formula is C23H26N4O3S. The van der Waals surface area contributed by atoms with E-state index < -0.39 is 0 Å². The summed E-state index contributed by atoms with van der Waals surface area (Å²) in [5, 5.41) is 12.1. The monoisotopic (exact) mass is 438 g/mol. The summed E-state index contributed by atoms with van der Waals surface area (Å²) in [6.07, 6.45) is 7.38. The lowest BCUT2D eigenvalue weighted by Gasteiger charge is -2.25. The lowest BCUT2D eigenvalue weighted by Crippen LogP contribution is -2.23. The topological polar surface area (TPSA) is 90.0 Å². The second-order valence-electron chi connectivity index (χ2n) is 7.83. The normalized spacial score (nSPS) is 15.5. The third-order valence-electron chi connectivity index (χ3n) is 5.56. The van der Waals surface area contributed by atoms with Gasteiger partial charge in [-0.3, -0.25) is 14.2 Å². The molecule has 1 N–H and O–H groups in total. The van der Waals surface area contributed by atoms with Gasteiger partial charge in [-0.05, 0) is 63.1 Å². The number of thioether (sulfide) groups is 1. The number of benzene rings is 1. The average Bonchev–Trinajstić information content (AvgIpc) is 3.44. The number of amides is 1. The van der Waals surface area contributed by atoms with Gasteiger partial charge in [0.2, 0.25) is 11.7 Å². The predicted octanol–water partition coefficient (Wildman–Crippen LogP) is 5.37. The quantitative estimate of drug-likeness (QED) is 0.394. The standard InChI is InChI=1S/C23H26N4O3S/c1-15(28)17-10-12-18(13-11-17)24-22(29)16(2)31-23-26-25-21(20-9-6-14-30-20)27(23)19-7-4-3-5-8-19/h6,9-14,16,19H,3-5,7-8H2,1-2H3,(H,24,29). The lowest BCUT2D eigenvalue weighted by atomic mass is 9.95. The summed E-state index contributed by atoms with van der Waals surface area (Å²) >= 11 is 1.40. The average molecular weight is 439 g/mol. The van der Waals surface area contributed by atoms with Crippen LogP contribution in [-0.4, -0.2) is 31.7 Å². The number of hydrogen-bond acceptors (Lipinski definition) is 6. The molecule has 1 atom stereocenters. The molecule has 1 aliphatic rings. The molecule has 1 saturated carbocycles. The van der Waals surface area contributed by atoms with Crippen molar-refractivity contribution < 1.29 is 14.0 Å². The maximum absolute atomic E-state index is 12.8. The summed E-state index contributed by atoms with van der Waals surface area (Å²) in [4.78, 5) is 24.2. The zero-order chi connectivity index (χ0) is 21.8. The van der Waals surface area contributed by atoms with E-state index in [4.69, 9.17) is 4.42 Å². The number of nitrogens with zero attached hydrogens (tertiary/aromatic N) is 3. The van der Waals surface area contributed by atoms with Crippen molar-refractivity contribution in [2.24, 2.45) is 0 Å². The molecule has 1 fully saturated rings. The Hall–Kier alpha value is -2.87. The van der Waals surface area contributed by atoms with Gasteiger partial charge in [-0.1, -0.05) is 31.0 Å². The van der Waals surface area contributed by atoms with Gasteiger partial charge in [0, 0.05) is 17.3 Å². The Kier molecular flexibility index (Phi) is 6.56. The van der Waals surface area contributed by atoms with Gasteiger partial charge in [0.05, 0.1) is 11.5 Å². The number of nitrogens with one attached hydrogen (secondary N) is 1. The predicted molar refractivity (Wildman–Crippen MR) is 120 cm³/mol. The van der Waals surface area contributed by atoms with Crippen molar-refractivity contribution in [1.82, 2.24) is 14.8 Å². The first-order valence-electron chi connectivity index (χ1n) is 10.6. The van der Waals surface area contributed by atoms with Crippen LogP contribution in [0.1, 0.15) is 62.4 Å². The van der Waals surface area contributed by atoms with Gasteiger partial charge in [-0.25, -0.2) is 0 Å². The number of furan rings is 1. The minimum atomic E-state index is -0.372. The Morgan fingerprint density at radius 3 is 2.52 bits per heavy atom. The van der Waals surface area contributed by atoms with Crippen LogP contribution in [0.3, 0.4) is 0 Å². The van der Waals surface area contributed by atoms with E-state index >= 15 is 0 Å². The molecule has 3 aromatic rings. The molecule has 2 aromatic heterocycles. The molecule has 0 bridgehead atoms. The van der Waals surface area contributed by atoms with E-state index in [0.29, 0.717) is 28.9 Å². The fourth-order valence-corrected chi connectivity index (χ4v) is 4.76. The molecule has 1 aliphatic carbocycles. The number of carbonyl (C=O) groups excluding carboxylic acids is 2. The van der Waals surface area contributed by atoms with E-state index in [1.165, 1.54) is 37.9 Å². The van der Waals surface area contributed by atoms with Gasteiger partial charge in [-0.15, -0.1) is 10.2 Å². The maximum Gasteiger partial charge on any atom is 0.237 e. The van der Waals surface area contributed by atoms with Gasteiger partial charge in [0.25, 0.3) is 0 Å². The molecular weight excluding hydrogens is 412 g/mol. The molecule has 0 saturated heterocycles. The van der Waals surface area contributed by atoms with E-state index in [-0.39, 0.29) is 16.9 Å². The largest absolute Gasteiger partial charge is 0.461 e. The zero-order valence-corrected chi connectivity index (χ0v) is 18.5. The molecule has 4 rings (SSSR count). The van der Waals surface area contributed by atoms with Crippen LogP contribution in [0.25, 0.3) is 11.6 Å². The third-order valence-corrected chi connectivity index (χ3v) is 6.61. The van der Waals surface area contributed by atoms with Crippen LogP contribution in [0.4, 0.5) is 5.69 Å². The van der Waals surface area contributed by atoms with E-state index in [1.807, 2.05) is 19.1 Å². The highest BCUT2D eigenvalue weighted by atomic mass is 32.2. The summed E-state index contributed by atoms with van der Waals surface area (Å²) in [5.41, 5.74) is 1.28. The van der Waals surface area contributed by atoms with Crippen molar-refractivity contribution in [2.75, 3.05) is 5.32 Å². The Morgan fingerprint density at radius 2 is 1.87 bits per heavy atom. The second-order valence-corrected chi connectivity index (χ2v) is 9.14. The molecule has 0 radical (unpaired) electrons. The number of rotatable bonds is 7. The summed E-state index contributed by atoms with van der Waals surface area (Å²) in [6, 6.07) is 10.9. The number of Topliss-reactive ketones (excluding diaryl/α,β-unsaturated/α-hetero) is 1. The number of anilines is 1. The zero-order valence-electron chi connectivity index (χ0n) is 17.7. The Morgan fingerprint density at radius 1 is 1.13 bits per heavy atom. The van der Waals surface area contributed by atoms with E-state index in [9.17, 15) is 9.59 Å². The van der Waals surface area contributed by atoms with E-state index in [2.05, 4.69) is 20.1 Å². The van der Waals surface area contributed by atoms with Gasteiger partial charge in [0.1, 0.15) is 0 Å². The first kappa shape index (κ1) is 21.4. The van der Waals surface area contributed by atoms with Crippen LogP contribution in [0, 0.1) is 0 Å². The Balaban J connectivity index is 1.51. The molecule has 7 nitrogen and oxygen atoms in total. The van der Waals surface area contributed by atoms with Crippen LogP contribution in [0.5, 0.6) is 0 Å². The molecule has 1 unspecified atom stereocenters. The van der Waals surface area contributed by atoms with Gasteiger partial charge < -0.3 is 9.73 Å². The van der Waals surface area contributed by atoms with Gasteiger partial charge in [-0.2, -0.15) is 0 Å². The fourth-order valence-electron chi connectivity index (χ4n) is 3.84. The minimum absolute atomic E-state index is 0.00351. The van der Waals surface area contributed by atoms with Crippen LogP contribution in [0.2, 0.25) is 0 Å². The highest BCUT2D eigenvalue weighted by molar-refractivity contribution is 8.00. The third kappa shape index (κ3) is 4.90. The Bertz CT molecular complexity index is 1040. The summed E-state index contributed by atoms with van der Waals surface area (Å²) in [6.45, 7) is 3.38. The highest BCUT2D eigenvalue weighted by Crippen LogP contribution is 2.36. The number of ketones is 1. The lowest BCUT2D eigenvalue weighted by molar-refractivity contribution is -0.115. The summed E-state index contributed by atoms with van der Waals surface area (Å²) < 4.78 is 7.73. The van der Waals surface area contributed by atoms with Gasteiger partial charge >= 0.3 is 0 Å². The van der Waals surface area contributed by atoms with Crippen LogP contribution in [0.15, 0.2) is 52.2 Å². The first-order valence-corrected chi connectivity index (χ1v) is 11.5. The fraction of sp³-hybridized carbons (Fsp3) is 0.391. The van der Waals surface area contributed by atoms with E-state index in [1.54, 1.807) is 30.5 Å². The molecule has 2 heterocycles. The number of carbonyl (C=O) groups is 2.